The molecular formula is C16H18F3IN2O4S. The highest BCUT2D eigenvalue weighted by atomic mass is 127. The van der Waals surface area contributed by atoms with Crippen LogP contribution in [-0.2, 0) is 34.0 Å². The number of halogens is 4. The third kappa shape index (κ3) is 4.40. The first-order chi connectivity index (χ1) is 12.5. The highest BCUT2D eigenvalue weighted by Gasteiger charge is 2.52. The Morgan fingerprint density at radius 2 is 2.00 bits per heavy atom. The summed E-state index contributed by atoms with van der Waals surface area (Å²) in [5.41, 5.74) is 0.262. The molecule has 0 aromatic heterocycles. The minimum absolute atomic E-state index is 0.0245. The number of carbonyl (C=O) groups excluding carboxylic acids is 1. The highest BCUT2D eigenvalue weighted by molar-refractivity contribution is 14.1. The lowest BCUT2D eigenvalue weighted by molar-refractivity contribution is -0.158. The van der Waals surface area contributed by atoms with Gasteiger partial charge in [-0.25, -0.2) is 13.5 Å². The maximum absolute atomic E-state index is 12.8. The maximum atomic E-state index is 12.8. The molecule has 11 heteroatoms. The fourth-order valence-corrected chi connectivity index (χ4v) is 6.10. The molecule has 27 heavy (non-hydrogen) atoms. The Kier molecular flexibility index (Phi) is 5.51. The van der Waals surface area contributed by atoms with Crippen molar-refractivity contribution in [3.63, 3.8) is 0 Å². The lowest BCUT2D eigenvalue weighted by Crippen LogP contribution is -2.48. The van der Waals surface area contributed by atoms with Gasteiger partial charge in [-0.05, 0) is 42.5 Å². The van der Waals surface area contributed by atoms with Crippen molar-refractivity contribution in [1.82, 2.24) is 9.37 Å². The average Bonchev–Trinajstić information content (AvgIpc) is 3.35. The van der Waals surface area contributed by atoms with Crippen LogP contribution >= 0.6 is 22.6 Å². The van der Waals surface area contributed by atoms with Crippen LogP contribution in [0.1, 0.15) is 29.5 Å². The van der Waals surface area contributed by atoms with Crippen LogP contribution in [0.2, 0.25) is 0 Å². The number of hydrogen-bond acceptors (Lipinski definition) is 4. The van der Waals surface area contributed by atoms with E-state index >= 15 is 0 Å². The quantitative estimate of drug-likeness (QED) is 0.207. The van der Waals surface area contributed by atoms with Crippen molar-refractivity contribution in [3.05, 3.63) is 34.9 Å². The summed E-state index contributed by atoms with van der Waals surface area (Å²) >= 11 is 2.06. The molecular weight excluding hydrogens is 500 g/mol. The van der Waals surface area contributed by atoms with Crippen LogP contribution in [0.5, 0.6) is 0 Å². The number of nitrogens with zero attached hydrogens (tertiary/aromatic N) is 2. The number of hydroxylamine groups is 2. The van der Waals surface area contributed by atoms with Crippen LogP contribution in [0, 0.1) is 0 Å². The van der Waals surface area contributed by atoms with Gasteiger partial charge in [-0.15, -0.1) is 0 Å². The first kappa shape index (κ1) is 20.8. The summed E-state index contributed by atoms with van der Waals surface area (Å²) in [7, 11) is -3.82. The molecule has 1 heterocycles. The van der Waals surface area contributed by atoms with E-state index in [4.69, 9.17) is 0 Å². The average molecular weight is 518 g/mol. The number of amides is 1. The summed E-state index contributed by atoms with van der Waals surface area (Å²) in [4.78, 5) is 10.9. The van der Waals surface area contributed by atoms with E-state index in [2.05, 4.69) is 22.6 Å². The van der Waals surface area contributed by atoms with Gasteiger partial charge in [0.15, 0.2) is 0 Å². The smallest absolute Gasteiger partial charge is 0.286 e. The monoisotopic (exact) mass is 518 g/mol. The van der Waals surface area contributed by atoms with Crippen molar-refractivity contribution in [2.24, 2.45) is 0 Å². The molecule has 0 saturated heterocycles. The van der Waals surface area contributed by atoms with Gasteiger partial charge < -0.3 is 0 Å². The van der Waals surface area contributed by atoms with Crippen LogP contribution in [0.4, 0.5) is 13.2 Å². The first-order valence-electron chi connectivity index (χ1n) is 8.24. The molecule has 1 amide bonds. The molecule has 150 valence electrons. The number of benzene rings is 1. The third-order valence-corrected chi connectivity index (χ3v) is 8.66. The summed E-state index contributed by atoms with van der Waals surface area (Å²) in [5, 5.41) is 10.2. The third-order valence-electron chi connectivity index (χ3n) is 5.02. The van der Waals surface area contributed by atoms with Crippen molar-refractivity contribution < 1.29 is 31.6 Å². The molecule has 0 spiro atoms. The van der Waals surface area contributed by atoms with Crippen LogP contribution < -0.4 is 0 Å². The Morgan fingerprint density at radius 3 is 2.56 bits per heavy atom. The van der Waals surface area contributed by atoms with Crippen LogP contribution in [0.3, 0.4) is 0 Å². The molecule has 1 N–H and O–H groups in total. The van der Waals surface area contributed by atoms with Gasteiger partial charge in [-0.1, -0.05) is 28.7 Å². The SMILES string of the molecule is O=CN(O)C(CS(=O)(=O)N1CCc2cc(C(F)(F)F)ccc2C1)C1(I)CC1. The van der Waals surface area contributed by atoms with Crippen molar-refractivity contribution in [1.29, 1.82) is 0 Å². The molecule has 2 aliphatic rings. The first-order valence-corrected chi connectivity index (χ1v) is 10.9. The Balaban J connectivity index is 1.78. The van der Waals surface area contributed by atoms with Gasteiger partial charge in [0, 0.05) is 16.5 Å². The van der Waals surface area contributed by atoms with Gasteiger partial charge in [-0.3, -0.25) is 10.0 Å². The number of sulfonamides is 1. The van der Waals surface area contributed by atoms with Crippen LogP contribution in [-0.4, -0.2) is 51.2 Å². The number of rotatable bonds is 6. The van der Waals surface area contributed by atoms with E-state index in [9.17, 15) is 31.6 Å². The predicted octanol–water partition coefficient (Wildman–Crippen LogP) is 2.58. The Hall–Kier alpha value is -0.920. The van der Waals surface area contributed by atoms with E-state index < -0.39 is 37.0 Å². The number of carbonyl (C=O) groups is 1. The zero-order chi connectivity index (χ0) is 20.0. The molecule has 1 aromatic carbocycles. The number of fused-ring (bicyclic) bond motifs is 1. The Morgan fingerprint density at radius 1 is 1.33 bits per heavy atom. The van der Waals surface area contributed by atoms with Gasteiger partial charge in [0.1, 0.15) is 0 Å². The Bertz CT molecular complexity index is 843. The zero-order valence-corrected chi connectivity index (χ0v) is 17.1. The molecule has 0 radical (unpaired) electrons. The van der Waals surface area contributed by atoms with Crippen molar-refractivity contribution in [2.75, 3.05) is 12.3 Å². The van der Waals surface area contributed by atoms with Gasteiger partial charge in [-0.2, -0.15) is 17.5 Å². The van der Waals surface area contributed by atoms with E-state index in [-0.39, 0.29) is 25.9 Å². The van der Waals surface area contributed by atoms with Crippen molar-refractivity contribution in [2.45, 2.75) is 41.4 Å². The lowest BCUT2D eigenvalue weighted by atomic mass is 9.98. The maximum Gasteiger partial charge on any atom is 0.416 e. The second-order valence-corrected chi connectivity index (χ2v) is 11.0. The van der Waals surface area contributed by atoms with E-state index in [1.54, 1.807) is 0 Å². The van der Waals surface area contributed by atoms with E-state index in [0.29, 0.717) is 29.0 Å². The summed E-state index contributed by atoms with van der Waals surface area (Å²) in [5.74, 6) is -0.429. The van der Waals surface area contributed by atoms with E-state index in [0.717, 1.165) is 12.1 Å². The molecule has 1 aliphatic heterocycles. The molecule has 1 atom stereocenters. The van der Waals surface area contributed by atoms with Crippen molar-refractivity contribution >= 4 is 39.0 Å². The van der Waals surface area contributed by atoms with Gasteiger partial charge in [0.05, 0.1) is 17.4 Å². The number of hydrogen-bond donors (Lipinski definition) is 1. The molecule has 1 fully saturated rings. The molecule has 1 saturated carbocycles. The van der Waals surface area contributed by atoms with Gasteiger partial charge >= 0.3 is 6.18 Å². The largest absolute Gasteiger partial charge is 0.416 e. The van der Waals surface area contributed by atoms with Crippen molar-refractivity contribution in [3.8, 4) is 0 Å². The number of alkyl halides is 4. The fraction of sp³-hybridized carbons (Fsp3) is 0.562. The second-order valence-electron chi connectivity index (χ2n) is 6.88. The molecule has 3 rings (SSSR count). The topological polar surface area (TPSA) is 77.9 Å². The zero-order valence-electron chi connectivity index (χ0n) is 14.1. The molecule has 1 unspecified atom stereocenters. The van der Waals surface area contributed by atoms with Crippen LogP contribution in [0.25, 0.3) is 0 Å². The predicted molar refractivity (Wildman–Crippen MR) is 98.8 cm³/mol. The minimum atomic E-state index is -4.44. The molecule has 6 nitrogen and oxygen atoms in total. The summed E-state index contributed by atoms with van der Waals surface area (Å²) < 4.78 is 64.9. The second kappa shape index (κ2) is 7.16. The highest BCUT2D eigenvalue weighted by Crippen LogP contribution is 2.49. The summed E-state index contributed by atoms with van der Waals surface area (Å²) in [6.45, 7) is 0.0351. The lowest BCUT2D eigenvalue weighted by Gasteiger charge is -2.32. The van der Waals surface area contributed by atoms with Crippen LogP contribution in [0.15, 0.2) is 18.2 Å². The summed E-state index contributed by atoms with van der Waals surface area (Å²) in [6.07, 6.45) is -2.68. The Labute approximate surface area is 168 Å². The van der Waals surface area contributed by atoms with E-state index in [1.807, 2.05) is 0 Å². The summed E-state index contributed by atoms with van der Waals surface area (Å²) in [6, 6.07) is 2.45. The standard InChI is InChI=1S/C16H18F3IN2O4S/c17-16(18,19)13-2-1-12-8-21(6-3-11(12)7-13)27(25,26)9-14(22(24)10-23)15(20)4-5-15/h1-2,7,10,14,24H,3-6,8-9H2. The van der Waals surface area contributed by atoms with E-state index in [1.165, 1.54) is 10.4 Å². The normalized spacial score (nSPS) is 20.6. The fourth-order valence-electron chi connectivity index (χ4n) is 3.23. The van der Waals surface area contributed by atoms with Gasteiger partial charge in [0.2, 0.25) is 16.4 Å². The molecule has 1 aliphatic carbocycles. The molecule has 1 aromatic rings. The van der Waals surface area contributed by atoms with Gasteiger partial charge in [0.25, 0.3) is 0 Å². The minimum Gasteiger partial charge on any atom is -0.286 e. The molecule has 0 bridgehead atoms.